The van der Waals surface area contributed by atoms with Gasteiger partial charge < -0.3 is 25.0 Å². The van der Waals surface area contributed by atoms with E-state index in [0.717, 1.165) is 10.0 Å². The van der Waals surface area contributed by atoms with Crippen LogP contribution < -0.4 is 10.1 Å². The molecule has 0 spiro atoms. The van der Waals surface area contributed by atoms with Crippen LogP contribution in [0.15, 0.2) is 76.2 Å². The topological polar surface area (TPSA) is 100 Å². The van der Waals surface area contributed by atoms with E-state index in [1.807, 2.05) is 48.5 Å². The number of ether oxygens (including phenoxy) is 2. The Morgan fingerprint density at radius 3 is 2.50 bits per heavy atom. The Bertz CT molecular complexity index is 1430. The van der Waals surface area contributed by atoms with E-state index in [1.165, 1.54) is 0 Å². The molecule has 1 aliphatic carbocycles. The number of nitrogens with zero attached hydrogens (tertiary/aromatic N) is 1. The maximum absolute atomic E-state index is 14.5. The van der Waals surface area contributed by atoms with E-state index < -0.39 is 11.6 Å². The van der Waals surface area contributed by atoms with Crippen molar-refractivity contribution in [3.63, 3.8) is 0 Å². The summed E-state index contributed by atoms with van der Waals surface area (Å²) in [5.41, 5.74) is 0.776. The molecule has 2 aliphatic rings. The van der Waals surface area contributed by atoms with Crippen molar-refractivity contribution in [1.29, 1.82) is 0 Å². The maximum Gasteiger partial charge on any atom is 0.252 e. The third-order valence-corrected chi connectivity index (χ3v) is 9.06. The van der Waals surface area contributed by atoms with Gasteiger partial charge in [0.25, 0.3) is 5.91 Å². The van der Waals surface area contributed by atoms with Crippen LogP contribution in [0, 0.1) is 0 Å². The lowest BCUT2D eigenvalue weighted by Gasteiger charge is -2.34. The lowest BCUT2D eigenvalue weighted by atomic mass is 9.81. The number of hydrogen-bond acceptors (Lipinski definition) is 6. The zero-order chi connectivity index (χ0) is 29.7. The predicted molar refractivity (Wildman–Crippen MR) is 167 cm³/mol. The van der Waals surface area contributed by atoms with Gasteiger partial charge in [0, 0.05) is 51.1 Å². The van der Waals surface area contributed by atoms with E-state index in [1.54, 1.807) is 18.2 Å². The van der Waals surface area contributed by atoms with Gasteiger partial charge in [0.1, 0.15) is 5.75 Å². The van der Waals surface area contributed by atoms with E-state index in [0.29, 0.717) is 71.5 Å². The Morgan fingerprint density at radius 1 is 1.07 bits per heavy atom. The standard InChI is InChI=1S/C32H33BrCl2N2O5/c33-27-5-2-1-4-21(27)19-32(31(40)36-23-9-11-24(39)12-10-23)29(26-15-8-22(34)18-28(26)35)42-30(37-32)20-6-13-25(14-7-20)41-17-3-16-38/h1-2,4-8,13-15,18,23-24,29,38-39H,3,9-12,16-17,19H2,(H,36,40)/t23?,24?,29-,32-/m1/s1. The fraction of sp³-hybridized carbons (Fsp3) is 0.375. The molecule has 0 aromatic heterocycles. The van der Waals surface area contributed by atoms with Crippen molar-refractivity contribution in [1.82, 2.24) is 5.32 Å². The molecular weight excluding hydrogens is 643 g/mol. The second-order valence-electron chi connectivity index (χ2n) is 10.7. The van der Waals surface area contributed by atoms with Crippen molar-refractivity contribution in [2.45, 2.75) is 62.3 Å². The van der Waals surface area contributed by atoms with E-state index >= 15 is 0 Å². The molecule has 1 fully saturated rings. The molecule has 3 N–H and O–H groups in total. The molecule has 5 rings (SSSR count). The van der Waals surface area contributed by atoms with Crippen LogP contribution in [-0.2, 0) is 16.0 Å². The summed E-state index contributed by atoms with van der Waals surface area (Å²) in [7, 11) is 0. The number of hydrogen-bond donors (Lipinski definition) is 3. The first kappa shape index (κ1) is 30.8. The smallest absolute Gasteiger partial charge is 0.252 e. The van der Waals surface area contributed by atoms with E-state index in [-0.39, 0.29) is 31.1 Å². The fourth-order valence-corrected chi connectivity index (χ4v) is 6.37. The number of aliphatic hydroxyl groups is 2. The normalized spacial score (nSPS) is 23.6. The van der Waals surface area contributed by atoms with E-state index in [4.69, 9.17) is 42.8 Å². The van der Waals surface area contributed by atoms with Crippen molar-refractivity contribution in [3.8, 4) is 5.75 Å². The van der Waals surface area contributed by atoms with E-state index in [9.17, 15) is 9.90 Å². The molecule has 3 aromatic carbocycles. The van der Waals surface area contributed by atoms with Gasteiger partial charge in [-0.1, -0.05) is 63.4 Å². The van der Waals surface area contributed by atoms with Gasteiger partial charge in [0.15, 0.2) is 11.6 Å². The SMILES string of the molecule is O=C(NC1CCC(O)CC1)[C@]1(Cc2ccccc2Br)N=C(c2ccc(OCCCO)cc2)O[C@@H]1c1ccc(Cl)cc1Cl. The molecule has 1 heterocycles. The Kier molecular flexibility index (Phi) is 10.1. The molecule has 10 heteroatoms. The van der Waals surface area contributed by atoms with Gasteiger partial charge in [-0.3, -0.25) is 4.79 Å². The van der Waals surface area contributed by atoms with Crippen molar-refractivity contribution in [2.24, 2.45) is 4.99 Å². The predicted octanol–water partition coefficient (Wildman–Crippen LogP) is 6.44. The Labute approximate surface area is 264 Å². The summed E-state index contributed by atoms with van der Waals surface area (Å²) in [6.45, 7) is 0.457. The summed E-state index contributed by atoms with van der Waals surface area (Å²) in [5, 5.41) is 23.2. The van der Waals surface area contributed by atoms with Crippen molar-refractivity contribution >= 4 is 50.9 Å². The van der Waals surface area contributed by atoms with Crippen molar-refractivity contribution in [2.75, 3.05) is 13.2 Å². The van der Waals surface area contributed by atoms with Crippen LogP contribution in [0.2, 0.25) is 10.0 Å². The van der Waals surface area contributed by atoms with Crippen molar-refractivity contribution in [3.05, 3.63) is 97.9 Å². The zero-order valence-electron chi connectivity index (χ0n) is 22.9. The second-order valence-corrected chi connectivity index (χ2v) is 12.4. The summed E-state index contributed by atoms with van der Waals surface area (Å²) in [6.07, 6.45) is 2.21. The highest BCUT2D eigenvalue weighted by molar-refractivity contribution is 9.10. The molecule has 7 nitrogen and oxygen atoms in total. The van der Waals surface area contributed by atoms with Crippen LogP contribution >= 0.6 is 39.1 Å². The molecule has 222 valence electrons. The van der Waals surface area contributed by atoms with Gasteiger partial charge in [0.05, 0.1) is 12.7 Å². The maximum atomic E-state index is 14.5. The van der Waals surface area contributed by atoms with Crippen LogP contribution in [-0.4, -0.2) is 52.9 Å². The number of aliphatic hydroxyl groups excluding tert-OH is 2. The molecule has 0 radical (unpaired) electrons. The molecule has 0 unspecified atom stereocenters. The van der Waals surface area contributed by atoms with Crippen LogP contribution in [0.25, 0.3) is 0 Å². The lowest BCUT2D eigenvalue weighted by Crippen LogP contribution is -2.53. The first-order valence-corrected chi connectivity index (χ1v) is 15.6. The number of amides is 1. The Hall–Kier alpha value is -2.62. The monoisotopic (exact) mass is 674 g/mol. The van der Waals surface area contributed by atoms with Gasteiger partial charge >= 0.3 is 0 Å². The number of nitrogens with one attached hydrogen (secondary N) is 1. The highest BCUT2D eigenvalue weighted by atomic mass is 79.9. The van der Waals surface area contributed by atoms with Crippen LogP contribution in [0.3, 0.4) is 0 Å². The fourth-order valence-electron chi connectivity index (χ4n) is 5.44. The van der Waals surface area contributed by atoms with Gasteiger partial charge in [-0.15, -0.1) is 0 Å². The molecule has 1 amide bonds. The minimum absolute atomic E-state index is 0.0560. The summed E-state index contributed by atoms with van der Waals surface area (Å²) in [4.78, 5) is 19.6. The summed E-state index contributed by atoms with van der Waals surface area (Å²) >= 11 is 16.6. The van der Waals surface area contributed by atoms with Crippen LogP contribution in [0.4, 0.5) is 0 Å². The number of carbonyl (C=O) groups excluding carboxylic acids is 1. The highest BCUT2D eigenvalue weighted by Gasteiger charge is 2.54. The number of carbonyl (C=O) groups is 1. The minimum atomic E-state index is -1.40. The minimum Gasteiger partial charge on any atom is -0.494 e. The molecule has 2 atom stereocenters. The highest BCUT2D eigenvalue weighted by Crippen LogP contribution is 2.46. The number of halogens is 3. The average molecular weight is 676 g/mol. The molecule has 0 saturated heterocycles. The molecule has 3 aromatic rings. The number of rotatable bonds is 10. The zero-order valence-corrected chi connectivity index (χ0v) is 26.0. The first-order valence-electron chi connectivity index (χ1n) is 14.1. The number of benzene rings is 3. The summed E-state index contributed by atoms with van der Waals surface area (Å²) in [5.74, 6) is 0.698. The Balaban J connectivity index is 1.58. The third-order valence-electron chi connectivity index (χ3n) is 7.72. The van der Waals surface area contributed by atoms with Gasteiger partial charge in [0.2, 0.25) is 5.90 Å². The summed E-state index contributed by atoms with van der Waals surface area (Å²) in [6, 6.07) is 20.1. The van der Waals surface area contributed by atoms with Crippen LogP contribution in [0.5, 0.6) is 5.75 Å². The number of aliphatic imine (C=N–C) groups is 1. The van der Waals surface area contributed by atoms with Gasteiger partial charge in [-0.25, -0.2) is 4.99 Å². The lowest BCUT2D eigenvalue weighted by molar-refractivity contribution is -0.130. The van der Waals surface area contributed by atoms with Crippen LogP contribution in [0.1, 0.15) is 54.9 Å². The molecule has 1 aliphatic heterocycles. The summed E-state index contributed by atoms with van der Waals surface area (Å²) < 4.78 is 13.1. The van der Waals surface area contributed by atoms with Gasteiger partial charge in [-0.05, 0) is 73.7 Å². The Morgan fingerprint density at radius 2 is 1.81 bits per heavy atom. The largest absolute Gasteiger partial charge is 0.494 e. The quantitative estimate of drug-likeness (QED) is 0.215. The molecular formula is C32H33BrCl2N2O5. The second kappa shape index (κ2) is 13.8. The molecule has 1 saturated carbocycles. The molecule has 42 heavy (non-hydrogen) atoms. The molecule has 0 bridgehead atoms. The van der Waals surface area contributed by atoms with E-state index in [2.05, 4.69) is 21.2 Å². The first-order chi connectivity index (χ1) is 20.3. The average Bonchev–Trinajstić information content (AvgIpc) is 3.36. The third kappa shape index (κ3) is 6.95. The van der Waals surface area contributed by atoms with Crippen molar-refractivity contribution < 1.29 is 24.5 Å². The van der Waals surface area contributed by atoms with Gasteiger partial charge in [-0.2, -0.15) is 0 Å².